The summed E-state index contributed by atoms with van der Waals surface area (Å²) in [7, 11) is 0. The number of aromatic nitrogens is 1. The van der Waals surface area contributed by atoms with E-state index in [4.69, 9.17) is 0 Å². The molecule has 6 heteroatoms. The van der Waals surface area contributed by atoms with E-state index in [1.54, 1.807) is 18.3 Å². The lowest BCUT2D eigenvalue weighted by molar-refractivity contribution is 0.150. The first-order valence-electron chi connectivity index (χ1n) is 6.94. The Labute approximate surface area is 118 Å². The van der Waals surface area contributed by atoms with Gasteiger partial charge in [0.05, 0.1) is 12.6 Å². The van der Waals surface area contributed by atoms with Gasteiger partial charge in [-0.05, 0) is 18.9 Å². The van der Waals surface area contributed by atoms with Gasteiger partial charge in [-0.1, -0.05) is 19.9 Å². The molecule has 0 spiro atoms. The summed E-state index contributed by atoms with van der Waals surface area (Å²) in [6.45, 7) is 4.27. The van der Waals surface area contributed by atoms with Crippen LogP contribution < -0.4 is 16.2 Å². The van der Waals surface area contributed by atoms with E-state index in [2.05, 4.69) is 10.6 Å². The Morgan fingerprint density at radius 3 is 2.65 bits per heavy atom. The molecule has 1 heterocycles. The zero-order valence-electron chi connectivity index (χ0n) is 12.0. The van der Waals surface area contributed by atoms with E-state index in [-0.39, 0.29) is 30.7 Å². The van der Waals surface area contributed by atoms with Gasteiger partial charge in [-0.3, -0.25) is 4.79 Å². The minimum absolute atomic E-state index is 0.104. The van der Waals surface area contributed by atoms with Gasteiger partial charge in [0.25, 0.3) is 5.56 Å². The summed E-state index contributed by atoms with van der Waals surface area (Å²) < 4.78 is 1.41. The summed E-state index contributed by atoms with van der Waals surface area (Å²) in [5.74, 6) is 0. The summed E-state index contributed by atoms with van der Waals surface area (Å²) in [6, 6.07) is 4.65. The van der Waals surface area contributed by atoms with Crippen molar-refractivity contribution < 1.29 is 9.90 Å². The van der Waals surface area contributed by atoms with Gasteiger partial charge >= 0.3 is 6.03 Å². The van der Waals surface area contributed by atoms with Crippen LogP contribution in [-0.4, -0.2) is 34.4 Å². The van der Waals surface area contributed by atoms with Crippen LogP contribution >= 0.6 is 0 Å². The molecule has 0 bridgehead atoms. The topological polar surface area (TPSA) is 83.4 Å². The average molecular weight is 281 g/mol. The van der Waals surface area contributed by atoms with Crippen LogP contribution in [0.5, 0.6) is 0 Å². The predicted octanol–water partition coefficient (Wildman–Crippen LogP) is 0.697. The number of aliphatic hydroxyl groups is 1. The summed E-state index contributed by atoms with van der Waals surface area (Å²) >= 11 is 0. The Hall–Kier alpha value is -1.82. The Morgan fingerprint density at radius 1 is 1.35 bits per heavy atom. The van der Waals surface area contributed by atoms with Gasteiger partial charge in [0, 0.05) is 24.8 Å². The van der Waals surface area contributed by atoms with Crippen molar-refractivity contribution in [2.45, 2.75) is 45.4 Å². The lowest BCUT2D eigenvalue weighted by atomic mass is 10.2. The Balaban J connectivity index is 2.36. The molecular weight excluding hydrogens is 258 g/mol. The van der Waals surface area contributed by atoms with Crippen LogP contribution in [0, 0.1) is 0 Å². The number of nitrogens with one attached hydrogen (secondary N) is 2. The number of aliphatic hydroxyl groups excluding tert-OH is 1. The van der Waals surface area contributed by atoms with Crippen molar-refractivity contribution in [2.75, 3.05) is 6.54 Å². The van der Waals surface area contributed by atoms with Crippen LogP contribution in [0.15, 0.2) is 29.2 Å². The molecule has 3 N–H and O–H groups in total. The van der Waals surface area contributed by atoms with Crippen molar-refractivity contribution in [1.29, 1.82) is 0 Å². The second kappa shape index (κ2) is 8.37. The molecule has 0 radical (unpaired) electrons. The molecule has 1 aromatic heterocycles. The van der Waals surface area contributed by atoms with Crippen molar-refractivity contribution in [1.82, 2.24) is 15.2 Å². The molecule has 112 valence electrons. The third-order valence-corrected chi connectivity index (χ3v) is 3.13. The fraction of sp³-hybridized carbons (Fsp3) is 0.571. The van der Waals surface area contributed by atoms with E-state index < -0.39 is 6.10 Å². The lowest BCUT2D eigenvalue weighted by Crippen LogP contribution is -2.45. The number of amides is 2. The maximum Gasteiger partial charge on any atom is 0.315 e. The highest BCUT2D eigenvalue weighted by Crippen LogP contribution is 1.95. The van der Waals surface area contributed by atoms with E-state index in [1.165, 1.54) is 10.6 Å². The van der Waals surface area contributed by atoms with Crippen molar-refractivity contribution >= 4 is 6.03 Å². The van der Waals surface area contributed by atoms with Crippen LogP contribution in [0.2, 0.25) is 0 Å². The van der Waals surface area contributed by atoms with Crippen molar-refractivity contribution in [2.24, 2.45) is 0 Å². The molecular formula is C14H23N3O3. The van der Waals surface area contributed by atoms with Crippen molar-refractivity contribution in [3.63, 3.8) is 0 Å². The SMILES string of the molecule is CCC(CC)NC(=O)NCC(O)Cn1ccccc1=O. The van der Waals surface area contributed by atoms with Gasteiger partial charge in [-0.15, -0.1) is 0 Å². The molecule has 0 saturated heterocycles. The number of pyridine rings is 1. The van der Waals surface area contributed by atoms with Crippen LogP contribution in [0.3, 0.4) is 0 Å². The first kappa shape index (κ1) is 16.2. The zero-order chi connectivity index (χ0) is 15.0. The van der Waals surface area contributed by atoms with Gasteiger partial charge in [0.1, 0.15) is 0 Å². The first-order valence-corrected chi connectivity index (χ1v) is 6.94. The van der Waals surface area contributed by atoms with Crippen molar-refractivity contribution in [3.05, 3.63) is 34.7 Å². The number of rotatable bonds is 7. The highest BCUT2D eigenvalue weighted by atomic mass is 16.3. The number of carbonyl (C=O) groups excluding carboxylic acids is 1. The summed E-state index contributed by atoms with van der Waals surface area (Å²) in [4.78, 5) is 23.1. The molecule has 0 fully saturated rings. The van der Waals surface area contributed by atoms with Crippen LogP contribution in [0.25, 0.3) is 0 Å². The minimum Gasteiger partial charge on any atom is -0.389 e. The third-order valence-electron chi connectivity index (χ3n) is 3.13. The maximum atomic E-state index is 11.6. The monoisotopic (exact) mass is 281 g/mol. The summed E-state index contributed by atoms with van der Waals surface area (Å²) in [5, 5.41) is 15.2. The number of hydrogen-bond acceptors (Lipinski definition) is 3. The fourth-order valence-corrected chi connectivity index (χ4v) is 1.84. The number of carbonyl (C=O) groups is 1. The fourth-order valence-electron chi connectivity index (χ4n) is 1.84. The molecule has 1 atom stereocenters. The Morgan fingerprint density at radius 2 is 2.05 bits per heavy atom. The first-order chi connectivity index (χ1) is 9.56. The molecule has 1 unspecified atom stereocenters. The van der Waals surface area contributed by atoms with E-state index in [9.17, 15) is 14.7 Å². The van der Waals surface area contributed by atoms with Crippen LogP contribution in [0.1, 0.15) is 26.7 Å². The predicted molar refractivity (Wildman–Crippen MR) is 77.6 cm³/mol. The lowest BCUT2D eigenvalue weighted by Gasteiger charge is -2.17. The van der Waals surface area contributed by atoms with Crippen LogP contribution in [0.4, 0.5) is 4.79 Å². The smallest absolute Gasteiger partial charge is 0.315 e. The van der Waals surface area contributed by atoms with Crippen molar-refractivity contribution in [3.8, 4) is 0 Å². The Bertz CT molecular complexity index is 469. The second-order valence-corrected chi connectivity index (χ2v) is 4.71. The standard InChI is InChI=1S/C14H23N3O3/c1-3-11(4-2)16-14(20)15-9-12(18)10-17-8-6-5-7-13(17)19/h5-8,11-12,18H,3-4,9-10H2,1-2H3,(H2,15,16,20). The molecule has 2 amide bonds. The molecule has 20 heavy (non-hydrogen) atoms. The molecule has 0 aliphatic rings. The molecule has 1 aromatic rings. The molecule has 0 saturated carbocycles. The number of hydrogen-bond donors (Lipinski definition) is 3. The average Bonchev–Trinajstić information content (AvgIpc) is 2.45. The normalized spacial score (nSPS) is 12.2. The molecule has 0 aromatic carbocycles. The number of urea groups is 1. The highest BCUT2D eigenvalue weighted by molar-refractivity contribution is 5.74. The van der Waals surface area contributed by atoms with E-state index in [0.717, 1.165) is 12.8 Å². The molecule has 0 aliphatic carbocycles. The highest BCUT2D eigenvalue weighted by Gasteiger charge is 2.10. The van der Waals surface area contributed by atoms with Gasteiger partial charge in [0.15, 0.2) is 0 Å². The van der Waals surface area contributed by atoms with Gasteiger partial charge in [0.2, 0.25) is 0 Å². The molecule has 0 aliphatic heterocycles. The van der Waals surface area contributed by atoms with E-state index in [1.807, 2.05) is 13.8 Å². The minimum atomic E-state index is -0.803. The maximum absolute atomic E-state index is 11.6. The van der Waals surface area contributed by atoms with Gasteiger partial charge in [-0.25, -0.2) is 4.79 Å². The number of nitrogens with zero attached hydrogens (tertiary/aromatic N) is 1. The van der Waals surface area contributed by atoms with Gasteiger partial charge < -0.3 is 20.3 Å². The zero-order valence-corrected chi connectivity index (χ0v) is 12.0. The second-order valence-electron chi connectivity index (χ2n) is 4.71. The Kier molecular flexibility index (Phi) is 6.79. The van der Waals surface area contributed by atoms with E-state index >= 15 is 0 Å². The quantitative estimate of drug-likeness (QED) is 0.688. The van der Waals surface area contributed by atoms with Gasteiger partial charge in [-0.2, -0.15) is 0 Å². The van der Waals surface area contributed by atoms with Crippen LogP contribution in [-0.2, 0) is 6.54 Å². The molecule has 6 nitrogen and oxygen atoms in total. The summed E-state index contributed by atoms with van der Waals surface area (Å²) in [5.41, 5.74) is -0.173. The summed E-state index contributed by atoms with van der Waals surface area (Å²) in [6.07, 6.45) is 2.54. The molecule has 1 rings (SSSR count). The third kappa shape index (κ3) is 5.44. The largest absolute Gasteiger partial charge is 0.389 e. The van der Waals surface area contributed by atoms with E-state index in [0.29, 0.717) is 0 Å².